The predicted octanol–water partition coefficient (Wildman–Crippen LogP) is 2.95. The van der Waals surface area contributed by atoms with Crippen molar-refractivity contribution in [1.82, 2.24) is 0 Å². The first-order chi connectivity index (χ1) is 6.77. The minimum Gasteiger partial charge on any atom is -0.398 e. The molecular formula is C12H14Cl2N2. The average molecular weight is 257 g/mol. The van der Waals surface area contributed by atoms with E-state index < -0.39 is 0 Å². The van der Waals surface area contributed by atoms with Crippen molar-refractivity contribution < 1.29 is 0 Å². The van der Waals surface area contributed by atoms with E-state index >= 15 is 0 Å². The highest BCUT2D eigenvalue weighted by atomic mass is 35.5. The topological polar surface area (TPSA) is 52.0 Å². The molecule has 0 heterocycles. The first-order valence-corrected chi connectivity index (χ1v) is 4.86. The van der Waals surface area contributed by atoms with Gasteiger partial charge in [0, 0.05) is 16.8 Å². The van der Waals surface area contributed by atoms with Crippen molar-refractivity contribution in [2.24, 2.45) is 0 Å². The first kappa shape index (κ1) is 12.9. The van der Waals surface area contributed by atoms with Crippen LogP contribution in [0.2, 0.25) is 0 Å². The maximum atomic E-state index is 5.94. The Hall–Kier alpha value is -1.12. The Morgan fingerprint density at radius 2 is 1.12 bits per heavy atom. The van der Waals surface area contributed by atoms with Gasteiger partial charge in [0.1, 0.15) is 0 Å². The molecule has 0 aromatic heterocycles. The molecule has 4 N–H and O–H groups in total. The summed E-state index contributed by atoms with van der Waals surface area (Å²) >= 11 is 0. The standard InChI is InChI=1S/C12H12N2.2ClH/c13-9-5-3-7-1-2-8-4-6-10(14)12(9)11(7)8;;/h3-6H,1-2,13-14H2;2*1H. The van der Waals surface area contributed by atoms with E-state index in [2.05, 4.69) is 12.1 Å². The Kier molecular flexibility index (Phi) is 3.56. The lowest BCUT2D eigenvalue weighted by Gasteiger charge is -2.07. The highest BCUT2D eigenvalue weighted by Crippen LogP contribution is 2.37. The third-order valence-corrected chi connectivity index (χ3v) is 3.06. The fourth-order valence-electron chi connectivity index (χ4n) is 2.38. The first-order valence-electron chi connectivity index (χ1n) is 4.86. The van der Waals surface area contributed by atoms with Crippen molar-refractivity contribution in [1.29, 1.82) is 0 Å². The highest BCUT2D eigenvalue weighted by molar-refractivity contribution is 6.05. The van der Waals surface area contributed by atoms with E-state index in [0.29, 0.717) is 0 Å². The van der Waals surface area contributed by atoms with Gasteiger partial charge in [-0.2, -0.15) is 0 Å². The normalized spacial score (nSPS) is 12.0. The van der Waals surface area contributed by atoms with Crippen LogP contribution >= 0.6 is 24.8 Å². The second-order valence-corrected chi connectivity index (χ2v) is 3.88. The molecule has 16 heavy (non-hydrogen) atoms. The van der Waals surface area contributed by atoms with Crippen LogP contribution in [0, 0.1) is 0 Å². The van der Waals surface area contributed by atoms with Crippen molar-refractivity contribution in [3.05, 3.63) is 35.4 Å². The van der Waals surface area contributed by atoms with Crippen LogP contribution < -0.4 is 11.5 Å². The van der Waals surface area contributed by atoms with Crippen LogP contribution in [-0.4, -0.2) is 0 Å². The number of hydrogen-bond donors (Lipinski definition) is 2. The molecule has 2 aromatic rings. The van der Waals surface area contributed by atoms with Crippen LogP contribution in [0.1, 0.15) is 11.1 Å². The summed E-state index contributed by atoms with van der Waals surface area (Å²) in [6.45, 7) is 0. The van der Waals surface area contributed by atoms with E-state index in [4.69, 9.17) is 11.5 Å². The van der Waals surface area contributed by atoms with Gasteiger partial charge >= 0.3 is 0 Å². The quantitative estimate of drug-likeness (QED) is 0.713. The molecule has 1 aliphatic carbocycles. The minimum atomic E-state index is 0. The molecule has 1 aliphatic rings. The summed E-state index contributed by atoms with van der Waals surface area (Å²) in [7, 11) is 0. The number of rotatable bonds is 0. The zero-order chi connectivity index (χ0) is 9.71. The Bertz CT molecular complexity index is 493. The van der Waals surface area contributed by atoms with Gasteiger partial charge in [-0.3, -0.25) is 0 Å². The van der Waals surface area contributed by atoms with Crippen molar-refractivity contribution >= 4 is 47.0 Å². The van der Waals surface area contributed by atoms with Gasteiger partial charge in [0.15, 0.2) is 0 Å². The van der Waals surface area contributed by atoms with E-state index in [9.17, 15) is 0 Å². The van der Waals surface area contributed by atoms with E-state index in [1.807, 2.05) is 12.1 Å². The summed E-state index contributed by atoms with van der Waals surface area (Å²) in [5.74, 6) is 0. The molecule has 0 bridgehead atoms. The molecule has 2 nitrogen and oxygen atoms in total. The number of hydrogen-bond acceptors (Lipinski definition) is 2. The number of halogens is 2. The van der Waals surface area contributed by atoms with Crippen molar-refractivity contribution in [2.75, 3.05) is 11.5 Å². The molecule has 0 spiro atoms. The summed E-state index contributed by atoms with van der Waals surface area (Å²) in [4.78, 5) is 0. The second-order valence-electron chi connectivity index (χ2n) is 3.88. The number of aryl methyl sites for hydroxylation is 2. The number of nitrogen functional groups attached to an aromatic ring is 2. The molecule has 3 rings (SSSR count). The molecule has 0 amide bonds. The van der Waals surface area contributed by atoms with Gasteiger partial charge in [-0.25, -0.2) is 0 Å². The molecule has 0 fully saturated rings. The lowest BCUT2D eigenvalue weighted by atomic mass is 10.0. The summed E-state index contributed by atoms with van der Waals surface area (Å²) in [6.07, 6.45) is 2.24. The summed E-state index contributed by atoms with van der Waals surface area (Å²) in [6, 6.07) is 8.16. The minimum absolute atomic E-state index is 0. The monoisotopic (exact) mass is 256 g/mol. The lowest BCUT2D eigenvalue weighted by Crippen LogP contribution is -1.94. The van der Waals surface area contributed by atoms with Gasteiger partial charge in [-0.1, -0.05) is 12.1 Å². The van der Waals surface area contributed by atoms with E-state index in [0.717, 1.165) is 29.6 Å². The summed E-state index contributed by atoms with van der Waals surface area (Å²) in [5, 5.41) is 2.35. The fourth-order valence-corrected chi connectivity index (χ4v) is 2.38. The van der Waals surface area contributed by atoms with E-state index in [-0.39, 0.29) is 24.8 Å². The van der Waals surface area contributed by atoms with Gasteiger partial charge in [0.2, 0.25) is 0 Å². The smallest absolute Gasteiger partial charge is 0.0414 e. The molecule has 0 saturated carbocycles. The Morgan fingerprint density at radius 1 is 0.688 bits per heavy atom. The molecule has 0 radical (unpaired) electrons. The second kappa shape index (κ2) is 4.40. The fraction of sp³-hybridized carbons (Fsp3) is 0.167. The Labute approximate surface area is 107 Å². The Balaban J connectivity index is 0.000000640. The molecule has 2 aromatic carbocycles. The molecule has 0 aliphatic heterocycles. The molecule has 86 valence electrons. The molecular weight excluding hydrogens is 243 g/mol. The van der Waals surface area contributed by atoms with E-state index in [1.54, 1.807) is 0 Å². The van der Waals surface area contributed by atoms with Crippen LogP contribution in [0.4, 0.5) is 11.4 Å². The van der Waals surface area contributed by atoms with Crippen molar-refractivity contribution in [3.63, 3.8) is 0 Å². The Morgan fingerprint density at radius 3 is 1.56 bits per heavy atom. The van der Waals surface area contributed by atoms with Gasteiger partial charge in [0.05, 0.1) is 0 Å². The van der Waals surface area contributed by atoms with Gasteiger partial charge in [-0.05, 0) is 41.5 Å². The van der Waals surface area contributed by atoms with Gasteiger partial charge in [0.25, 0.3) is 0 Å². The van der Waals surface area contributed by atoms with E-state index in [1.165, 1.54) is 16.5 Å². The number of anilines is 2. The van der Waals surface area contributed by atoms with Gasteiger partial charge < -0.3 is 11.5 Å². The number of nitrogens with two attached hydrogens (primary N) is 2. The molecule has 0 unspecified atom stereocenters. The average Bonchev–Trinajstić information content (AvgIpc) is 2.58. The lowest BCUT2D eigenvalue weighted by molar-refractivity contribution is 1.02. The van der Waals surface area contributed by atoms with Crippen molar-refractivity contribution in [2.45, 2.75) is 12.8 Å². The zero-order valence-electron chi connectivity index (χ0n) is 8.69. The third-order valence-electron chi connectivity index (χ3n) is 3.06. The number of benzene rings is 2. The zero-order valence-corrected chi connectivity index (χ0v) is 10.3. The molecule has 0 atom stereocenters. The molecule has 4 heteroatoms. The SMILES string of the molecule is Cl.Cl.Nc1ccc2c3c(ccc(N)c13)CC2. The van der Waals surface area contributed by atoms with Crippen LogP contribution in [0.3, 0.4) is 0 Å². The van der Waals surface area contributed by atoms with Crippen molar-refractivity contribution in [3.8, 4) is 0 Å². The maximum Gasteiger partial charge on any atom is 0.0414 e. The van der Waals surface area contributed by atoms with Crippen LogP contribution in [-0.2, 0) is 12.8 Å². The summed E-state index contributed by atoms with van der Waals surface area (Å²) in [5.41, 5.74) is 16.2. The third kappa shape index (κ3) is 1.58. The highest BCUT2D eigenvalue weighted by Gasteiger charge is 2.16. The maximum absolute atomic E-state index is 5.94. The van der Waals surface area contributed by atoms with Crippen LogP contribution in [0.5, 0.6) is 0 Å². The molecule has 0 saturated heterocycles. The summed E-state index contributed by atoms with van der Waals surface area (Å²) < 4.78 is 0. The van der Waals surface area contributed by atoms with Gasteiger partial charge in [-0.15, -0.1) is 24.8 Å². The van der Waals surface area contributed by atoms with Crippen LogP contribution in [0.15, 0.2) is 24.3 Å². The van der Waals surface area contributed by atoms with Crippen LogP contribution in [0.25, 0.3) is 10.8 Å². The predicted molar refractivity (Wildman–Crippen MR) is 74.7 cm³/mol. The largest absolute Gasteiger partial charge is 0.398 e.